The van der Waals surface area contributed by atoms with E-state index < -0.39 is 11.7 Å². The van der Waals surface area contributed by atoms with Gasteiger partial charge in [0.1, 0.15) is 5.60 Å². The van der Waals surface area contributed by atoms with Gasteiger partial charge < -0.3 is 20.7 Å². The number of halogens is 1. The summed E-state index contributed by atoms with van der Waals surface area (Å²) in [4.78, 5) is 36.3. The zero-order valence-electron chi connectivity index (χ0n) is 18.0. The maximum absolute atomic E-state index is 12.4. The van der Waals surface area contributed by atoms with Crippen molar-refractivity contribution in [3.63, 3.8) is 0 Å². The second-order valence-electron chi connectivity index (χ2n) is 7.91. The van der Waals surface area contributed by atoms with Crippen LogP contribution in [0.15, 0.2) is 53.0 Å². The molecule has 0 bridgehead atoms. The Morgan fingerprint density at radius 2 is 1.42 bits per heavy atom. The Morgan fingerprint density at radius 3 is 2.00 bits per heavy atom. The molecule has 3 N–H and O–H groups in total. The van der Waals surface area contributed by atoms with Crippen molar-refractivity contribution in [1.82, 2.24) is 5.32 Å². The molecule has 0 fully saturated rings. The highest BCUT2D eigenvalue weighted by Crippen LogP contribution is 2.22. The number of alkyl carbamates (subject to hydrolysis) is 1. The summed E-state index contributed by atoms with van der Waals surface area (Å²) in [5.74, 6) is -0.435. The molecule has 0 aliphatic carbocycles. The number of benzene rings is 2. The van der Waals surface area contributed by atoms with Crippen molar-refractivity contribution in [2.24, 2.45) is 0 Å². The van der Waals surface area contributed by atoms with E-state index in [0.29, 0.717) is 24.2 Å². The molecule has 3 amide bonds. The third-order valence-corrected chi connectivity index (χ3v) is 4.85. The van der Waals surface area contributed by atoms with E-state index in [1.54, 1.807) is 45.0 Å². The summed E-state index contributed by atoms with van der Waals surface area (Å²) in [5.41, 5.74) is 1.48. The van der Waals surface area contributed by atoms with E-state index >= 15 is 0 Å². The molecule has 166 valence electrons. The molecule has 0 aromatic heterocycles. The van der Waals surface area contributed by atoms with Crippen LogP contribution in [0, 0.1) is 0 Å². The highest BCUT2D eigenvalue weighted by atomic mass is 79.9. The van der Waals surface area contributed by atoms with Gasteiger partial charge in [0.05, 0.1) is 11.4 Å². The summed E-state index contributed by atoms with van der Waals surface area (Å²) >= 11 is 3.48. The van der Waals surface area contributed by atoms with E-state index in [0.717, 1.165) is 10.0 Å². The number of nitrogens with one attached hydrogen (secondary N) is 3. The van der Waals surface area contributed by atoms with Crippen LogP contribution in [-0.2, 0) is 20.7 Å². The molecule has 0 aliphatic rings. The SMILES string of the molecule is CC(C)(C)OC(=O)NCCC(=O)Nc1ccccc1NC(=O)CCc1ccccc1Br. The quantitative estimate of drug-likeness (QED) is 0.492. The predicted octanol–water partition coefficient (Wildman–Crippen LogP) is 4.87. The van der Waals surface area contributed by atoms with Crippen LogP contribution in [0.2, 0.25) is 0 Å². The predicted molar refractivity (Wildman–Crippen MR) is 125 cm³/mol. The molecule has 31 heavy (non-hydrogen) atoms. The van der Waals surface area contributed by atoms with Crippen LogP contribution in [-0.4, -0.2) is 30.1 Å². The molecule has 0 spiro atoms. The van der Waals surface area contributed by atoms with Crippen molar-refractivity contribution in [3.8, 4) is 0 Å². The minimum absolute atomic E-state index is 0.0730. The van der Waals surface area contributed by atoms with E-state index in [1.165, 1.54) is 0 Å². The first kappa shape index (κ1) is 24.4. The molecule has 0 saturated carbocycles. The van der Waals surface area contributed by atoms with Crippen molar-refractivity contribution >= 4 is 45.2 Å². The van der Waals surface area contributed by atoms with Crippen LogP contribution in [0.5, 0.6) is 0 Å². The average Bonchev–Trinajstić information content (AvgIpc) is 2.67. The fraction of sp³-hybridized carbons (Fsp3) is 0.348. The van der Waals surface area contributed by atoms with Gasteiger partial charge in [0.25, 0.3) is 0 Å². The van der Waals surface area contributed by atoms with Crippen LogP contribution in [0.1, 0.15) is 39.2 Å². The normalized spacial score (nSPS) is 10.8. The van der Waals surface area contributed by atoms with Gasteiger partial charge >= 0.3 is 6.09 Å². The highest BCUT2D eigenvalue weighted by molar-refractivity contribution is 9.10. The van der Waals surface area contributed by atoms with Gasteiger partial charge in [-0.3, -0.25) is 9.59 Å². The lowest BCUT2D eigenvalue weighted by Gasteiger charge is -2.19. The zero-order chi connectivity index (χ0) is 22.9. The number of amides is 3. The number of carbonyl (C=O) groups excluding carboxylic acids is 3. The Kier molecular flexibility index (Phi) is 9.05. The van der Waals surface area contributed by atoms with Gasteiger partial charge in [0.15, 0.2) is 0 Å². The Bertz CT molecular complexity index is 925. The summed E-state index contributed by atoms with van der Waals surface area (Å²) in [5, 5.41) is 8.16. The number of rotatable bonds is 8. The molecule has 0 unspecified atom stereocenters. The van der Waals surface area contributed by atoms with Crippen LogP contribution >= 0.6 is 15.9 Å². The number of carbonyl (C=O) groups is 3. The lowest BCUT2D eigenvalue weighted by atomic mass is 10.1. The second kappa shape index (κ2) is 11.5. The largest absolute Gasteiger partial charge is 0.444 e. The van der Waals surface area contributed by atoms with Crippen LogP contribution in [0.3, 0.4) is 0 Å². The molecule has 0 heterocycles. The first-order chi connectivity index (χ1) is 14.6. The molecule has 0 aliphatic heterocycles. The molecule has 2 aromatic rings. The Morgan fingerprint density at radius 1 is 0.871 bits per heavy atom. The summed E-state index contributed by atoms with van der Waals surface area (Å²) in [6.45, 7) is 5.44. The summed E-state index contributed by atoms with van der Waals surface area (Å²) in [6.07, 6.45) is 0.407. The van der Waals surface area contributed by atoms with E-state index in [4.69, 9.17) is 4.74 Å². The van der Waals surface area contributed by atoms with Crippen molar-refractivity contribution in [3.05, 3.63) is 58.6 Å². The van der Waals surface area contributed by atoms with Gasteiger partial charge in [-0.15, -0.1) is 0 Å². The minimum atomic E-state index is -0.597. The number of para-hydroxylation sites is 2. The summed E-state index contributed by atoms with van der Waals surface area (Å²) < 4.78 is 6.10. The van der Waals surface area contributed by atoms with Gasteiger partial charge in [0.2, 0.25) is 11.8 Å². The molecular formula is C23H28BrN3O4. The molecule has 0 saturated heterocycles. The smallest absolute Gasteiger partial charge is 0.407 e. The molecule has 2 rings (SSSR count). The molecular weight excluding hydrogens is 462 g/mol. The second-order valence-corrected chi connectivity index (χ2v) is 8.77. The van der Waals surface area contributed by atoms with Gasteiger partial charge in [-0.1, -0.05) is 46.3 Å². The molecule has 2 aromatic carbocycles. The third-order valence-electron chi connectivity index (χ3n) is 4.07. The number of hydrogen-bond acceptors (Lipinski definition) is 4. The first-order valence-corrected chi connectivity index (χ1v) is 10.8. The standard InChI is InChI=1S/C23H28BrN3O4/c1-23(2,3)31-22(30)25-15-14-21(29)27-19-11-7-6-10-18(19)26-20(28)13-12-16-8-4-5-9-17(16)24/h4-11H,12-15H2,1-3H3,(H,25,30)(H,26,28)(H,27,29). The maximum Gasteiger partial charge on any atom is 0.407 e. The molecule has 0 atom stereocenters. The van der Waals surface area contributed by atoms with E-state index in [1.807, 2.05) is 24.3 Å². The topological polar surface area (TPSA) is 96.5 Å². The van der Waals surface area contributed by atoms with Crippen LogP contribution < -0.4 is 16.0 Å². The van der Waals surface area contributed by atoms with Crippen LogP contribution in [0.4, 0.5) is 16.2 Å². The summed E-state index contributed by atoms with van der Waals surface area (Å²) in [6, 6.07) is 14.8. The van der Waals surface area contributed by atoms with Crippen molar-refractivity contribution in [2.75, 3.05) is 17.2 Å². The monoisotopic (exact) mass is 489 g/mol. The Balaban J connectivity index is 1.84. The van der Waals surface area contributed by atoms with Gasteiger partial charge in [0, 0.05) is 23.9 Å². The third kappa shape index (κ3) is 9.21. The number of hydrogen-bond donors (Lipinski definition) is 3. The van der Waals surface area contributed by atoms with Crippen molar-refractivity contribution in [1.29, 1.82) is 0 Å². The number of aryl methyl sites for hydroxylation is 1. The van der Waals surface area contributed by atoms with Gasteiger partial charge in [-0.2, -0.15) is 0 Å². The first-order valence-electron chi connectivity index (χ1n) is 10.0. The summed E-state index contributed by atoms with van der Waals surface area (Å²) in [7, 11) is 0. The minimum Gasteiger partial charge on any atom is -0.444 e. The zero-order valence-corrected chi connectivity index (χ0v) is 19.5. The molecule has 7 nitrogen and oxygen atoms in total. The molecule has 0 radical (unpaired) electrons. The van der Waals surface area contributed by atoms with Crippen molar-refractivity contribution in [2.45, 2.75) is 45.6 Å². The van der Waals surface area contributed by atoms with Gasteiger partial charge in [-0.25, -0.2) is 4.79 Å². The fourth-order valence-corrected chi connectivity index (χ4v) is 3.15. The van der Waals surface area contributed by atoms with Crippen molar-refractivity contribution < 1.29 is 19.1 Å². The highest BCUT2D eigenvalue weighted by Gasteiger charge is 2.16. The lowest BCUT2D eigenvalue weighted by molar-refractivity contribution is -0.117. The number of anilines is 2. The van der Waals surface area contributed by atoms with Crippen LogP contribution in [0.25, 0.3) is 0 Å². The van der Waals surface area contributed by atoms with E-state index in [2.05, 4.69) is 31.9 Å². The average molecular weight is 490 g/mol. The Hall–Kier alpha value is -2.87. The van der Waals surface area contributed by atoms with E-state index in [-0.39, 0.29) is 24.8 Å². The Labute approximate surface area is 191 Å². The number of ether oxygens (including phenoxy) is 1. The molecule has 8 heteroatoms. The lowest BCUT2D eigenvalue weighted by Crippen LogP contribution is -2.34. The van der Waals surface area contributed by atoms with Gasteiger partial charge in [-0.05, 0) is 51.0 Å². The fourth-order valence-electron chi connectivity index (χ4n) is 2.67. The maximum atomic E-state index is 12.4. The van der Waals surface area contributed by atoms with E-state index in [9.17, 15) is 14.4 Å².